The molecule has 0 atom stereocenters. The van der Waals surface area contributed by atoms with Gasteiger partial charge in [-0.15, -0.1) is 0 Å². The predicted octanol–water partition coefficient (Wildman–Crippen LogP) is 5.09. The average Bonchev–Trinajstić information content (AvgIpc) is 2.52. The van der Waals surface area contributed by atoms with Crippen molar-refractivity contribution < 1.29 is 9.53 Å². The first-order valence-electron chi connectivity index (χ1n) is 7.04. The molecule has 2 aromatic carbocycles. The Balaban J connectivity index is 1.94. The number of amides is 1. The third kappa shape index (κ3) is 5.33. The number of aryl methyl sites for hydroxylation is 1. The summed E-state index contributed by atoms with van der Waals surface area (Å²) in [6, 6.07) is 11.1. The lowest BCUT2D eigenvalue weighted by atomic mass is 10.1. The number of nitrogens with one attached hydrogen (secondary N) is 1. The van der Waals surface area contributed by atoms with Gasteiger partial charge < -0.3 is 4.74 Å². The highest BCUT2D eigenvalue weighted by Crippen LogP contribution is 2.34. The fourth-order valence-electron chi connectivity index (χ4n) is 1.90. The van der Waals surface area contributed by atoms with Gasteiger partial charge in [-0.25, -0.2) is 5.43 Å². The number of halogens is 3. The minimum atomic E-state index is -0.345. The second kappa shape index (κ2) is 8.65. The first-order chi connectivity index (χ1) is 11.4. The molecular formula is C17H15Br2ClN2O2. The number of carbonyl (C=O) groups excluding carboxylic acids is 1. The van der Waals surface area contributed by atoms with Crippen molar-refractivity contribution in [3.8, 4) is 5.75 Å². The molecular weight excluding hydrogens is 459 g/mol. The molecule has 0 saturated heterocycles. The summed E-state index contributed by atoms with van der Waals surface area (Å²) in [4.78, 5) is 11.9. The van der Waals surface area contributed by atoms with E-state index in [2.05, 4.69) is 42.4 Å². The molecule has 0 bridgehead atoms. The molecule has 0 spiro atoms. The smallest absolute Gasteiger partial charge is 0.277 e. The van der Waals surface area contributed by atoms with Gasteiger partial charge in [0.25, 0.3) is 5.91 Å². The molecule has 2 aromatic rings. The van der Waals surface area contributed by atoms with E-state index in [4.69, 9.17) is 16.3 Å². The van der Waals surface area contributed by atoms with Crippen LogP contribution in [0.25, 0.3) is 0 Å². The highest BCUT2D eigenvalue weighted by atomic mass is 79.9. The molecule has 0 aliphatic rings. The summed E-state index contributed by atoms with van der Waals surface area (Å²) >= 11 is 12.7. The Morgan fingerprint density at radius 2 is 1.79 bits per heavy atom. The summed E-state index contributed by atoms with van der Waals surface area (Å²) in [7, 11) is 0. The van der Waals surface area contributed by atoms with Gasteiger partial charge in [-0.3, -0.25) is 4.79 Å². The fourth-order valence-corrected chi connectivity index (χ4v) is 3.67. The zero-order valence-electron chi connectivity index (χ0n) is 13.1. The van der Waals surface area contributed by atoms with Crippen molar-refractivity contribution in [2.45, 2.75) is 13.8 Å². The quantitative estimate of drug-likeness (QED) is 0.485. The van der Waals surface area contributed by atoms with Gasteiger partial charge in [-0.1, -0.05) is 23.7 Å². The normalized spacial score (nSPS) is 11.3. The first-order valence-corrected chi connectivity index (χ1v) is 9.00. The van der Waals surface area contributed by atoms with Crippen molar-refractivity contribution in [1.82, 2.24) is 5.43 Å². The van der Waals surface area contributed by atoms with E-state index in [1.807, 2.05) is 31.2 Å². The van der Waals surface area contributed by atoms with E-state index in [9.17, 15) is 4.79 Å². The van der Waals surface area contributed by atoms with E-state index >= 15 is 0 Å². The second-order valence-electron chi connectivity index (χ2n) is 5.09. The molecule has 7 heteroatoms. The largest absolute Gasteiger partial charge is 0.481 e. The number of rotatable bonds is 5. The van der Waals surface area contributed by atoms with Gasteiger partial charge in [0.15, 0.2) is 6.61 Å². The molecule has 0 aromatic heterocycles. The zero-order chi connectivity index (χ0) is 17.7. The number of hydrogen-bond acceptors (Lipinski definition) is 3. The van der Waals surface area contributed by atoms with Crippen LogP contribution in [0.5, 0.6) is 5.75 Å². The molecule has 126 valence electrons. The van der Waals surface area contributed by atoms with Crippen molar-refractivity contribution in [3.63, 3.8) is 0 Å². The summed E-state index contributed by atoms with van der Waals surface area (Å²) < 4.78 is 7.11. The van der Waals surface area contributed by atoms with Crippen molar-refractivity contribution in [2.75, 3.05) is 6.61 Å². The van der Waals surface area contributed by atoms with Crippen LogP contribution < -0.4 is 10.2 Å². The van der Waals surface area contributed by atoms with E-state index in [-0.39, 0.29) is 12.5 Å². The lowest BCUT2D eigenvalue weighted by Gasteiger charge is -2.10. The molecule has 0 aliphatic carbocycles. The standard InChI is InChI=1S/C17H15Br2ClN2O2/c1-10-7-14(18)17(15(19)8-10)24-9-16(23)22-21-11(2)12-3-5-13(20)6-4-12/h3-8H,9H2,1-2H3,(H,22,23)/b21-11+. The lowest BCUT2D eigenvalue weighted by Crippen LogP contribution is -2.25. The molecule has 1 amide bonds. The summed E-state index contributed by atoms with van der Waals surface area (Å²) in [6.45, 7) is 3.63. The van der Waals surface area contributed by atoms with Gasteiger partial charge >= 0.3 is 0 Å². The molecule has 0 saturated carbocycles. The van der Waals surface area contributed by atoms with Gasteiger partial charge in [-0.2, -0.15) is 5.10 Å². The summed E-state index contributed by atoms with van der Waals surface area (Å²) in [5, 5.41) is 4.72. The first kappa shape index (κ1) is 19.0. The number of carbonyl (C=O) groups is 1. The van der Waals surface area contributed by atoms with Gasteiger partial charge in [-0.05, 0) is 81.1 Å². The SMILES string of the molecule is C/C(=N\NC(=O)COc1c(Br)cc(C)cc1Br)c1ccc(Cl)cc1. The van der Waals surface area contributed by atoms with Gasteiger partial charge in [0.2, 0.25) is 0 Å². The van der Waals surface area contributed by atoms with E-state index < -0.39 is 0 Å². The molecule has 0 fully saturated rings. The summed E-state index contributed by atoms with van der Waals surface area (Å²) in [5.41, 5.74) is 5.11. The molecule has 0 heterocycles. The van der Waals surface area contributed by atoms with Crippen molar-refractivity contribution in [3.05, 3.63) is 61.5 Å². The van der Waals surface area contributed by atoms with Crippen LogP contribution in [-0.4, -0.2) is 18.2 Å². The molecule has 24 heavy (non-hydrogen) atoms. The maximum absolute atomic E-state index is 11.9. The average molecular weight is 475 g/mol. The Morgan fingerprint density at radius 1 is 1.21 bits per heavy atom. The van der Waals surface area contributed by atoms with Crippen LogP contribution in [0.3, 0.4) is 0 Å². The van der Waals surface area contributed by atoms with Gasteiger partial charge in [0.05, 0.1) is 14.7 Å². The van der Waals surface area contributed by atoms with Crippen molar-refractivity contribution in [1.29, 1.82) is 0 Å². The Kier molecular flexibility index (Phi) is 6.83. The van der Waals surface area contributed by atoms with Crippen LogP contribution in [-0.2, 0) is 4.79 Å². The second-order valence-corrected chi connectivity index (χ2v) is 7.23. The third-order valence-electron chi connectivity index (χ3n) is 3.10. The van der Waals surface area contributed by atoms with Crippen LogP contribution >= 0.6 is 43.5 Å². The highest BCUT2D eigenvalue weighted by molar-refractivity contribution is 9.11. The zero-order valence-corrected chi connectivity index (χ0v) is 17.0. The van der Waals surface area contributed by atoms with Crippen LogP contribution in [0.2, 0.25) is 5.02 Å². The topological polar surface area (TPSA) is 50.7 Å². The molecule has 0 radical (unpaired) electrons. The van der Waals surface area contributed by atoms with Crippen LogP contribution in [0.1, 0.15) is 18.1 Å². The fraction of sp³-hybridized carbons (Fsp3) is 0.176. The van der Waals surface area contributed by atoms with Gasteiger partial charge in [0, 0.05) is 5.02 Å². The Labute approximate surface area is 162 Å². The minimum absolute atomic E-state index is 0.141. The summed E-state index contributed by atoms with van der Waals surface area (Å²) in [6.07, 6.45) is 0. The Bertz CT molecular complexity index is 754. The number of nitrogens with zero attached hydrogens (tertiary/aromatic N) is 1. The van der Waals surface area contributed by atoms with Gasteiger partial charge in [0.1, 0.15) is 5.75 Å². The molecule has 2 rings (SSSR count). The van der Waals surface area contributed by atoms with Crippen LogP contribution in [0, 0.1) is 6.92 Å². The van der Waals surface area contributed by atoms with E-state index in [0.717, 1.165) is 20.1 Å². The number of ether oxygens (including phenoxy) is 1. The molecule has 0 aliphatic heterocycles. The maximum Gasteiger partial charge on any atom is 0.277 e. The third-order valence-corrected chi connectivity index (χ3v) is 4.53. The van der Waals surface area contributed by atoms with Crippen molar-refractivity contribution in [2.24, 2.45) is 5.10 Å². The maximum atomic E-state index is 11.9. The van der Waals surface area contributed by atoms with E-state index in [1.165, 1.54) is 0 Å². The Hall–Kier alpha value is -1.37. The van der Waals surface area contributed by atoms with Crippen LogP contribution in [0.4, 0.5) is 0 Å². The lowest BCUT2D eigenvalue weighted by molar-refractivity contribution is -0.123. The number of benzene rings is 2. The Morgan fingerprint density at radius 3 is 2.38 bits per heavy atom. The van der Waals surface area contributed by atoms with Crippen LogP contribution in [0.15, 0.2) is 50.4 Å². The molecule has 0 unspecified atom stereocenters. The summed E-state index contributed by atoms with van der Waals surface area (Å²) in [5.74, 6) is 0.233. The predicted molar refractivity (Wildman–Crippen MR) is 104 cm³/mol. The van der Waals surface area contributed by atoms with E-state index in [0.29, 0.717) is 16.5 Å². The molecule has 1 N–H and O–H groups in total. The highest BCUT2D eigenvalue weighted by Gasteiger charge is 2.10. The number of hydrogen-bond donors (Lipinski definition) is 1. The minimum Gasteiger partial charge on any atom is -0.481 e. The molecule has 4 nitrogen and oxygen atoms in total. The number of hydrazone groups is 1. The monoisotopic (exact) mass is 472 g/mol. The van der Waals surface area contributed by atoms with Crippen molar-refractivity contribution >= 4 is 55.1 Å². The van der Waals surface area contributed by atoms with E-state index in [1.54, 1.807) is 19.1 Å².